The lowest BCUT2D eigenvalue weighted by Gasteiger charge is -2.40. The van der Waals surface area contributed by atoms with E-state index in [4.69, 9.17) is 0 Å². The number of carbonyl (C=O) groups excluding carboxylic acids is 1. The van der Waals surface area contributed by atoms with Gasteiger partial charge in [0.15, 0.2) is 9.84 Å². The van der Waals surface area contributed by atoms with Crippen LogP contribution in [0.1, 0.15) is 27.5 Å². The largest absolute Gasteiger partial charge is 0.336 e. The summed E-state index contributed by atoms with van der Waals surface area (Å²) in [6.07, 6.45) is 1.14. The molecule has 1 amide bonds. The van der Waals surface area contributed by atoms with Gasteiger partial charge in [-0.1, -0.05) is 72.8 Å². The highest BCUT2D eigenvalue weighted by Gasteiger charge is 2.30. The molecule has 160 valence electrons. The van der Waals surface area contributed by atoms with Crippen molar-refractivity contribution in [3.8, 4) is 0 Å². The molecule has 0 unspecified atom stereocenters. The first kappa shape index (κ1) is 21.3. The van der Waals surface area contributed by atoms with Crippen LogP contribution in [0.5, 0.6) is 0 Å². The molecule has 0 atom stereocenters. The Morgan fingerprint density at radius 2 is 1.23 bits per heavy atom. The molecule has 0 N–H and O–H groups in total. The number of rotatable bonds is 5. The molecule has 1 aliphatic rings. The van der Waals surface area contributed by atoms with Crippen LogP contribution in [0.4, 0.5) is 0 Å². The molecule has 1 saturated heterocycles. The van der Waals surface area contributed by atoms with Crippen molar-refractivity contribution < 1.29 is 13.2 Å². The SMILES string of the molecule is CS(=O)(=O)c1ccccc1C(=O)N1CCN(C(c2ccccc2)c2ccccc2)CC1. The lowest BCUT2D eigenvalue weighted by atomic mass is 9.96. The van der Waals surface area contributed by atoms with E-state index in [0.717, 1.165) is 6.26 Å². The van der Waals surface area contributed by atoms with Crippen molar-refractivity contribution in [2.75, 3.05) is 32.4 Å². The molecule has 0 aromatic heterocycles. The summed E-state index contributed by atoms with van der Waals surface area (Å²) in [4.78, 5) is 17.4. The normalized spacial score (nSPS) is 15.2. The fourth-order valence-corrected chi connectivity index (χ4v) is 5.09. The van der Waals surface area contributed by atoms with Crippen LogP contribution in [0.15, 0.2) is 89.8 Å². The first-order valence-electron chi connectivity index (χ1n) is 10.4. The van der Waals surface area contributed by atoms with Gasteiger partial charge in [0, 0.05) is 32.4 Å². The molecule has 5 nitrogen and oxygen atoms in total. The van der Waals surface area contributed by atoms with Gasteiger partial charge in [0.2, 0.25) is 0 Å². The number of carbonyl (C=O) groups is 1. The maximum atomic E-state index is 13.1. The molecule has 4 rings (SSSR count). The Bertz CT molecular complexity index is 1100. The van der Waals surface area contributed by atoms with Gasteiger partial charge in [0.25, 0.3) is 5.91 Å². The van der Waals surface area contributed by atoms with Gasteiger partial charge in [-0.25, -0.2) is 8.42 Å². The number of piperazine rings is 1. The first-order valence-corrected chi connectivity index (χ1v) is 12.3. The van der Waals surface area contributed by atoms with Crippen LogP contribution in [0.25, 0.3) is 0 Å². The second kappa shape index (κ2) is 9.04. The predicted molar refractivity (Wildman–Crippen MR) is 122 cm³/mol. The van der Waals surface area contributed by atoms with E-state index in [9.17, 15) is 13.2 Å². The van der Waals surface area contributed by atoms with E-state index in [0.29, 0.717) is 26.2 Å². The quantitative estimate of drug-likeness (QED) is 0.615. The molecule has 31 heavy (non-hydrogen) atoms. The van der Waals surface area contributed by atoms with Gasteiger partial charge in [-0.15, -0.1) is 0 Å². The summed E-state index contributed by atoms with van der Waals surface area (Å²) in [6, 6.07) is 27.3. The van der Waals surface area contributed by atoms with Crippen molar-refractivity contribution in [2.45, 2.75) is 10.9 Å². The molecule has 1 heterocycles. The molecule has 3 aromatic rings. The van der Waals surface area contributed by atoms with Crippen LogP contribution in [-0.4, -0.2) is 56.6 Å². The minimum Gasteiger partial charge on any atom is -0.336 e. The standard InChI is InChI=1S/C25H26N2O3S/c1-31(29,30)23-15-9-8-14-22(23)25(28)27-18-16-26(17-19-27)24(20-10-4-2-5-11-20)21-12-6-3-7-13-21/h2-15,24H,16-19H2,1H3. The molecule has 1 fully saturated rings. The minimum absolute atomic E-state index is 0.0916. The van der Waals surface area contributed by atoms with Gasteiger partial charge in [0.1, 0.15) is 0 Å². The van der Waals surface area contributed by atoms with Crippen molar-refractivity contribution in [1.82, 2.24) is 9.80 Å². The van der Waals surface area contributed by atoms with E-state index in [1.165, 1.54) is 17.2 Å². The topological polar surface area (TPSA) is 57.7 Å². The third-order valence-electron chi connectivity index (χ3n) is 5.71. The average molecular weight is 435 g/mol. The molecule has 3 aromatic carbocycles. The molecule has 0 radical (unpaired) electrons. The highest BCUT2D eigenvalue weighted by atomic mass is 32.2. The van der Waals surface area contributed by atoms with Gasteiger partial charge in [-0.05, 0) is 23.3 Å². The lowest BCUT2D eigenvalue weighted by Crippen LogP contribution is -2.50. The molecular formula is C25H26N2O3S. The zero-order chi connectivity index (χ0) is 21.8. The highest BCUT2D eigenvalue weighted by molar-refractivity contribution is 7.90. The summed E-state index contributed by atoms with van der Waals surface area (Å²) in [5, 5.41) is 0. The summed E-state index contributed by atoms with van der Waals surface area (Å²) in [5.41, 5.74) is 2.69. The minimum atomic E-state index is -3.47. The molecule has 6 heteroatoms. The second-order valence-corrected chi connectivity index (χ2v) is 9.80. The first-order chi connectivity index (χ1) is 14.9. The van der Waals surface area contributed by atoms with E-state index in [1.54, 1.807) is 23.1 Å². The summed E-state index contributed by atoms with van der Waals surface area (Å²) < 4.78 is 24.2. The summed E-state index contributed by atoms with van der Waals surface area (Å²) >= 11 is 0. The Morgan fingerprint density at radius 3 is 1.74 bits per heavy atom. The number of amides is 1. The van der Waals surface area contributed by atoms with E-state index < -0.39 is 9.84 Å². The van der Waals surface area contributed by atoms with Crippen molar-refractivity contribution in [1.29, 1.82) is 0 Å². The summed E-state index contributed by atoms with van der Waals surface area (Å²) in [6.45, 7) is 2.52. The Hall–Kier alpha value is -2.96. The Balaban J connectivity index is 1.55. The van der Waals surface area contributed by atoms with Crippen molar-refractivity contribution >= 4 is 15.7 Å². The molecular weight excluding hydrogens is 408 g/mol. The van der Waals surface area contributed by atoms with Crippen LogP contribution in [-0.2, 0) is 9.84 Å². The average Bonchev–Trinajstić information content (AvgIpc) is 2.80. The number of nitrogens with zero attached hydrogens (tertiary/aromatic N) is 2. The molecule has 0 aliphatic carbocycles. The van der Waals surface area contributed by atoms with Crippen LogP contribution in [0.2, 0.25) is 0 Å². The van der Waals surface area contributed by atoms with Crippen molar-refractivity contribution in [3.05, 3.63) is 102 Å². The lowest BCUT2D eigenvalue weighted by molar-refractivity contribution is 0.0593. The third-order valence-corrected chi connectivity index (χ3v) is 6.87. The van der Waals surface area contributed by atoms with Gasteiger partial charge in [-0.2, -0.15) is 0 Å². The van der Waals surface area contributed by atoms with Gasteiger partial charge >= 0.3 is 0 Å². The number of hydrogen-bond acceptors (Lipinski definition) is 4. The van der Waals surface area contributed by atoms with E-state index >= 15 is 0 Å². The second-order valence-electron chi connectivity index (χ2n) is 7.82. The number of sulfone groups is 1. The summed E-state index contributed by atoms with van der Waals surface area (Å²) in [7, 11) is -3.47. The molecule has 1 aliphatic heterocycles. The zero-order valence-electron chi connectivity index (χ0n) is 17.5. The van der Waals surface area contributed by atoms with E-state index in [1.807, 2.05) is 36.4 Å². The summed E-state index contributed by atoms with van der Waals surface area (Å²) in [5.74, 6) is -0.225. The fourth-order valence-electron chi connectivity index (χ4n) is 4.20. The van der Waals surface area contributed by atoms with E-state index in [-0.39, 0.29) is 22.4 Å². The number of hydrogen-bond donors (Lipinski definition) is 0. The van der Waals surface area contributed by atoms with Crippen LogP contribution >= 0.6 is 0 Å². The van der Waals surface area contributed by atoms with Crippen LogP contribution in [0, 0.1) is 0 Å². The Kier molecular flexibility index (Phi) is 6.20. The Morgan fingerprint density at radius 1 is 0.742 bits per heavy atom. The maximum Gasteiger partial charge on any atom is 0.255 e. The van der Waals surface area contributed by atoms with Gasteiger partial charge in [-0.3, -0.25) is 9.69 Å². The maximum absolute atomic E-state index is 13.1. The molecule has 0 saturated carbocycles. The highest BCUT2D eigenvalue weighted by Crippen LogP contribution is 2.30. The smallest absolute Gasteiger partial charge is 0.255 e. The van der Waals surface area contributed by atoms with E-state index in [2.05, 4.69) is 29.2 Å². The monoisotopic (exact) mass is 434 g/mol. The third kappa shape index (κ3) is 4.70. The van der Waals surface area contributed by atoms with Crippen molar-refractivity contribution in [2.24, 2.45) is 0 Å². The van der Waals surface area contributed by atoms with Gasteiger partial charge < -0.3 is 4.90 Å². The molecule has 0 spiro atoms. The van der Waals surface area contributed by atoms with Crippen molar-refractivity contribution in [3.63, 3.8) is 0 Å². The number of benzene rings is 3. The fraction of sp³-hybridized carbons (Fsp3) is 0.240. The molecule has 0 bridgehead atoms. The predicted octanol–water partition coefficient (Wildman–Crippen LogP) is 3.64. The van der Waals surface area contributed by atoms with Gasteiger partial charge in [0.05, 0.1) is 16.5 Å². The Labute approximate surface area is 183 Å². The van der Waals surface area contributed by atoms with Crippen LogP contribution in [0.3, 0.4) is 0 Å². The van der Waals surface area contributed by atoms with Crippen LogP contribution < -0.4 is 0 Å². The zero-order valence-corrected chi connectivity index (χ0v) is 18.3.